The fourth-order valence-electron chi connectivity index (χ4n) is 1.23. The van der Waals surface area contributed by atoms with Crippen LogP contribution in [0.4, 0.5) is 11.8 Å². The number of hydrogen-bond donors (Lipinski definition) is 2. The number of carbonyl (C=O) groups excluding carboxylic acids is 1. The van der Waals surface area contributed by atoms with Gasteiger partial charge in [-0.25, -0.2) is 9.97 Å². The minimum Gasteiger partial charge on any atom is -0.369 e. The molecule has 0 aromatic carbocycles. The highest BCUT2D eigenvalue weighted by atomic mass is 16.5. The Morgan fingerprint density at radius 3 is 2.78 bits per heavy atom. The topological polar surface area (TPSA) is 106 Å². The van der Waals surface area contributed by atoms with Crippen LogP contribution in [0.3, 0.4) is 0 Å². The Kier molecular flexibility index (Phi) is 3.46. The van der Waals surface area contributed by atoms with Crippen LogP contribution in [-0.2, 0) is 0 Å². The zero-order chi connectivity index (χ0) is 13.0. The third-order valence-corrected chi connectivity index (χ3v) is 1.99. The third-order valence-electron chi connectivity index (χ3n) is 1.99. The summed E-state index contributed by atoms with van der Waals surface area (Å²) in [6.07, 6.45) is 2.86. The Balaban J connectivity index is 2.04. The lowest BCUT2D eigenvalue weighted by molar-refractivity contribution is 0.101. The number of nitrogens with one attached hydrogen (secondary N) is 2. The summed E-state index contributed by atoms with van der Waals surface area (Å²) in [4.78, 5) is 23.6. The van der Waals surface area contributed by atoms with E-state index in [1.807, 2.05) is 6.92 Å². The quantitative estimate of drug-likeness (QED) is 0.826. The summed E-state index contributed by atoms with van der Waals surface area (Å²) in [5.74, 6) is 0.607. The van der Waals surface area contributed by atoms with E-state index >= 15 is 0 Å². The van der Waals surface area contributed by atoms with Crippen LogP contribution in [-0.4, -0.2) is 32.6 Å². The van der Waals surface area contributed by atoms with Gasteiger partial charge in [-0.05, 0) is 13.8 Å². The second-order valence-electron chi connectivity index (χ2n) is 3.42. The number of amides is 1. The van der Waals surface area contributed by atoms with Gasteiger partial charge >= 0.3 is 6.01 Å². The van der Waals surface area contributed by atoms with Crippen molar-refractivity contribution in [2.45, 2.75) is 13.8 Å². The van der Waals surface area contributed by atoms with Gasteiger partial charge in [0.1, 0.15) is 11.5 Å². The van der Waals surface area contributed by atoms with Crippen molar-refractivity contribution in [3.8, 4) is 0 Å². The highest BCUT2D eigenvalue weighted by Crippen LogP contribution is 2.06. The van der Waals surface area contributed by atoms with Crippen LogP contribution in [0.1, 0.15) is 23.2 Å². The zero-order valence-corrected chi connectivity index (χ0v) is 9.97. The molecule has 8 heteroatoms. The number of aromatic nitrogens is 4. The summed E-state index contributed by atoms with van der Waals surface area (Å²) >= 11 is 0. The molecular weight excluding hydrogens is 236 g/mol. The standard InChI is InChI=1S/C10H12N6O2/c1-3-11-8-5-12-7(4-13-8)9(17)15-10-14-6(2)16-18-10/h4-5H,3H2,1-2H3,(H,11,13)(H,14,15,16,17). The van der Waals surface area contributed by atoms with Gasteiger partial charge in [0.15, 0.2) is 5.82 Å². The molecule has 1 amide bonds. The predicted octanol–water partition coefficient (Wildman–Crippen LogP) is 0.852. The molecule has 0 unspecified atom stereocenters. The molecule has 0 aliphatic carbocycles. The van der Waals surface area contributed by atoms with E-state index in [9.17, 15) is 4.79 Å². The first-order valence-corrected chi connectivity index (χ1v) is 5.36. The minimum atomic E-state index is -0.450. The Hall–Kier alpha value is -2.51. The first kappa shape index (κ1) is 12.0. The second-order valence-corrected chi connectivity index (χ2v) is 3.42. The molecule has 2 heterocycles. The van der Waals surface area contributed by atoms with Crippen LogP contribution in [0.5, 0.6) is 0 Å². The average Bonchev–Trinajstić information content (AvgIpc) is 2.76. The maximum Gasteiger partial charge on any atom is 0.328 e. The maximum atomic E-state index is 11.7. The summed E-state index contributed by atoms with van der Waals surface area (Å²) < 4.78 is 4.77. The lowest BCUT2D eigenvalue weighted by Crippen LogP contribution is -2.14. The molecule has 0 saturated carbocycles. The Morgan fingerprint density at radius 1 is 1.39 bits per heavy atom. The monoisotopic (exact) mass is 248 g/mol. The van der Waals surface area contributed by atoms with Crippen molar-refractivity contribution in [1.29, 1.82) is 0 Å². The molecule has 2 aromatic heterocycles. The number of nitrogens with zero attached hydrogens (tertiary/aromatic N) is 4. The summed E-state index contributed by atoms with van der Waals surface area (Å²) in [6.45, 7) is 4.34. The molecule has 0 bridgehead atoms. The van der Waals surface area contributed by atoms with Crippen molar-refractivity contribution < 1.29 is 9.32 Å². The van der Waals surface area contributed by atoms with Gasteiger partial charge < -0.3 is 9.84 Å². The molecule has 0 saturated heterocycles. The Labute approximate surface area is 103 Å². The Morgan fingerprint density at radius 2 is 2.22 bits per heavy atom. The largest absolute Gasteiger partial charge is 0.369 e. The van der Waals surface area contributed by atoms with Crippen LogP contribution in [0.15, 0.2) is 16.9 Å². The van der Waals surface area contributed by atoms with Crippen molar-refractivity contribution in [1.82, 2.24) is 20.1 Å². The van der Waals surface area contributed by atoms with E-state index in [0.717, 1.165) is 6.54 Å². The first-order valence-electron chi connectivity index (χ1n) is 5.36. The van der Waals surface area contributed by atoms with Crippen molar-refractivity contribution >= 4 is 17.7 Å². The van der Waals surface area contributed by atoms with Gasteiger partial charge in [-0.2, -0.15) is 4.98 Å². The molecule has 8 nitrogen and oxygen atoms in total. The molecule has 2 rings (SSSR count). The second kappa shape index (κ2) is 5.21. The first-order chi connectivity index (χ1) is 8.69. The lowest BCUT2D eigenvalue weighted by atomic mass is 10.4. The molecule has 0 radical (unpaired) electrons. The summed E-state index contributed by atoms with van der Waals surface area (Å²) in [5.41, 5.74) is 0.174. The SMILES string of the molecule is CCNc1cnc(C(=O)Nc2nc(C)no2)cn1. The van der Waals surface area contributed by atoms with Gasteiger partial charge in [0, 0.05) is 6.54 Å². The van der Waals surface area contributed by atoms with E-state index in [0.29, 0.717) is 11.6 Å². The van der Waals surface area contributed by atoms with E-state index in [4.69, 9.17) is 4.52 Å². The summed E-state index contributed by atoms with van der Waals surface area (Å²) in [5, 5.41) is 8.96. The molecule has 0 aliphatic rings. The average molecular weight is 248 g/mol. The van der Waals surface area contributed by atoms with Crippen molar-refractivity contribution in [2.75, 3.05) is 17.2 Å². The number of carbonyl (C=O) groups is 1. The number of aryl methyl sites for hydroxylation is 1. The van der Waals surface area contributed by atoms with Crippen LogP contribution in [0.2, 0.25) is 0 Å². The van der Waals surface area contributed by atoms with Crippen molar-refractivity contribution in [2.24, 2.45) is 0 Å². The van der Waals surface area contributed by atoms with Crippen molar-refractivity contribution in [3.05, 3.63) is 23.9 Å². The lowest BCUT2D eigenvalue weighted by Gasteiger charge is -2.02. The zero-order valence-electron chi connectivity index (χ0n) is 9.97. The highest BCUT2D eigenvalue weighted by molar-refractivity contribution is 6.01. The molecule has 2 N–H and O–H groups in total. The molecule has 0 atom stereocenters. The molecule has 18 heavy (non-hydrogen) atoms. The van der Waals surface area contributed by atoms with Gasteiger partial charge in [-0.3, -0.25) is 10.1 Å². The fraction of sp³-hybridized carbons (Fsp3) is 0.300. The molecule has 0 spiro atoms. The van der Waals surface area contributed by atoms with Crippen molar-refractivity contribution in [3.63, 3.8) is 0 Å². The van der Waals surface area contributed by atoms with Gasteiger partial charge in [-0.15, -0.1) is 0 Å². The Bertz CT molecular complexity index is 536. The number of rotatable bonds is 4. The van der Waals surface area contributed by atoms with Crippen LogP contribution >= 0.6 is 0 Å². The molecule has 0 aliphatic heterocycles. The highest BCUT2D eigenvalue weighted by Gasteiger charge is 2.11. The van der Waals surface area contributed by atoms with E-state index in [2.05, 4.69) is 30.7 Å². The summed E-state index contributed by atoms with van der Waals surface area (Å²) in [7, 11) is 0. The minimum absolute atomic E-state index is 0.0371. The van der Waals surface area contributed by atoms with Crippen LogP contribution < -0.4 is 10.6 Å². The predicted molar refractivity (Wildman–Crippen MR) is 63.2 cm³/mol. The van der Waals surface area contributed by atoms with Crippen LogP contribution in [0.25, 0.3) is 0 Å². The van der Waals surface area contributed by atoms with E-state index in [-0.39, 0.29) is 11.7 Å². The van der Waals surface area contributed by atoms with Gasteiger partial charge in [0.25, 0.3) is 5.91 Å². The molecule has 0 fully saturated rings. The molecule has 2 aromatic rings. The molecule has 94 valence electrons. The molecular formula is C10H12N6O2. The summed E-state index contributed by atoms with van der Waals surface area (Å²) in [6, 6.07) is 0.0371. The number of hydrogen-bond acceptors (Lipinski definition) is 7. The smallest absolute Gasteiger partial charge is 0.328 e. The van der Waals surface area contributed by atoms with Crippen LogP contribution in [0, 0.1) is 6.92 Å². The number of anilines is 2. The normalized spacial score (nSPS) is 10.1. The third kappa shape index (κ3) is 2.78. The fourth-order valence-corrected chi connectivity index (χ4v) is 1.23. The van der Waals surface area contributed by atoms with Gasteiger partial charge in [0.2, 0.25) is 0 Å². The van der Waals surface area contributed by atoms with E-state index in [1.165, 1.54) is 12.4 Å². The van der Waals surface area contributed by atoms with E-state index < -0.39 is 5.91 Å². The van der Waals surface area contributed by atoms with E-state index in [1.54, 1.807) is 6.92 Å². The van der Waals surface area contributed by atoms with Gasteiger partial charge in [-0.1, -0.05) is 5.16 Å². The van der Waals surface area contributed by atoms with Gasteiger partial charge in [0.05, 0.1) is 12.4 Å². The maximum absolute atomic E-state index is 11.7.